The second kappa shape index (κ2) is 5.72. The molecule has 0 spiro atoms. The molecule has 0 aliphatic carbocycles. The molecule has 2 aromatic carbocycles. The van der Waals surface area contributed by atoms with Crippen molar-refractivity contribution in [3.63, 3.8) is 0 Å². The number of fused-ring (bicyclic) bond motifs is 6. The monoisotopic (exact) mass is 384 g/mol. The molecule has 2 atom stereocenters. The Hall–Kier alpha value is -3.55. The molecule has 3 aromatic rings. The van der Waals surface area contributed by atoms with E-state index in [4.69, 9.17) is 28.1 Å². The van der Waals surface area contributed by atoms with Gasteiger partial charge in [0.15, 0.2) is 11.3 Å². The van der Waals surface area contributed by atoms with Crippen LogP contribution in [0.1, 0.15) is 11.5 Å². The first-order chi connectivity index (χ1) is 13.6. The Balaban J connectivity index is 2.00. The van der Waals surface area contributed by atoms with Gasteiger partial charge in [0.2, 0.25) is 11.2 Å². The Morgan fingerprint density at radius 1 is 1.00 bits per heavy atom. The number of phenols is 1. The van der Waals surface area contributed by atoms with Gasteiger partial charge in [-0.1, -0.05) is 0 Å². The minimum Gasteiger partial charge on any atom is -0.507 e. The normalized spacial score (nSPS) is 19.2. The summed E-state index contributed by atoms with van der Waals surface area (Å²) >= 11 is 0. The lowest BCUT2D eigenvalue weighted by atomic mass is 9.97. The minimum absolute atomic E-state index is 0.0166. The summed E-state index contributed by atoms with van der Waals surface area (Å²) in [4.78, 5) is 13.4. The fourth-order valence-corrected chi connectivity index (χ4v) is 3.86. The van der Waals surface area contributed by atoms with Gasteiger partial charge < -0.3 is 33.2 Å². The molecule has 144 valence electrons. The zero-order valence-electron chi connectivity index (χ0n) is 15.3. The molecule has 0 radical (unpaired) electrons. The van der Waals surface area contributed by atoms with Crippen LogP contribution in [-0.4, -0.2) is 32.7 Å². The molecular weight excluding hydrogens is 368 g/mol. The Kier molecular flexibility index (Phi) is 3.39. The van der Waals surface area contributed by atoms with Crippen LogP contribution in [0.5, 0.6) is 28.7 Å². The lowest BCUT2D eigenvalue weighted by Gasteiger charge is -2.14. The molecule has 0 saturated carbocycles. The quantitative estimate of drug-likeness (QED) is 0.689. The van der Waals surface area contributed by atoms with E-state index in [0.717, 1.165) is 0 Å². The summed E-state index contributed by atoms with van der Waals surface area (Å²) in [6, 6.07) is 2.95. The van der Waals surface area contributed by atoms with E-state index in [0.29, 0.717) is 16.9 Å². The first-order valence-corrected chi connectivity index (χ1v) is 8.53. The average Bonchev–Trinajstić information content (AvgIpc) is 3.27. The van der Waals surface area contributed by atoms with Gasteiger partial charge in [0.25, 0.3) is 6.29 Å². The van der Waals surface area contributed by atoms with Crippen molar-refractivity contribution in [2.24, 2.45) is 0 Å². The van der Waals surface area contributed by atoms with Crippen molar-refractivity contribution in [2.45, 2.75) is 12.2 Å². The van der Waals surface area contributed by atoms with Gasteiger partial charge in [0.05, 0.1) is 39.1 Å². The maximum absolute atomic E-state index is 13.4. The van der Waals surface area contributed by atoms with E-state index in [1.165, 1.54) is 27.4 Å². The second-order valence-corrected chi connectivity index (χ2v) is 6.44. The van der Waals surface area contributed by atoms with Crippen LogP contribution in [0.2, 0.25) is 0 Å². The number of phenolic OH excluding ortho intramolecular Hbond substituents is 1. The third kappa shape index (κ3) is 1.97. The topological polar surface area (TPSA) is 96.6 Å². The van der Waals surface area contributed by atoms with Crippen molar-refractivity contribution in [3.8, 4) is 28.7 Å². The van der Waals surface area contributed by atoms with Crippen LogP contribution >= 0.6 is 0 Å². The summed E-state index contributed by atoms with van der Waals surface area (Å²) in [5, 5.41) is 10.7. The fraction of sp³-hybridized carbons (Fsp3) is 0.250. The third-order valence-corrected chi connectivity index (χ3v) is 5.10. The highest BCUT2D eigenvalue weighted by Gasteiger charge is 2.41. The molecule has 1 N–H and O–H groups in total. The summed E-state index contributed by atoms with van der Waals surface area (Å²) in [6.07, 6.45) is 2.88. The van der Waals surface area contributed by atoms with Crippen LogP contribution in [0.25, 0.3) is 21.9 Å². The van der Waals surface area contributed by atoms with E-state index in [2.05, 4.69) is 0 Å². The molecule has 2 aliphatic heterocycles. The lowest BCUT2D eigenvalue weighted by Crippen LogP contribution is -2.14. The number of rotatable bonds is 3. The minimum atomic E-state index is -0.521. The molecule has 3 heterocycles. The zero-order chi connectivity index (χ0) is 19.6. The van der Waals surface area contributed by atoms with Crippen molar-refractivity contribution < 1.29 is 33.2 Å². The molecular formula is C20H16O8. The van der Waals surface area contributed by atoms with Gasteiger partial charge in [-0.25, -0.2) is 0 Å². The summed E-state index contributed by atoms with van der Waals surface area (Å²) < 4.78 is 33.5. The van der Waals surface area contributed by atoms with E-state index < -0.39 is 11.7 Å². The van der Waals surface area contributed by atoms with Gasteiger partial charge in [-0.15, -0.1) is 0 Å². The van der Waals surface area contributed by atoms with E-state index in [9.17, 15) is 9.90 Å². The van der Waals surface area contributed by atoms with Gasteiger partial charge in [0, 0.05) is 12.1 Å². The van der Waals surface area contributed by atoms with Gasteiger partial charge in [-0.3, -0.25) is 4.79 Å². The predicted molar refractivity (Wildman–Crippen MR) is 98.7 cm³/mol. The highest BCUT2D eigenvalue weighted by molar-refractivity contribution is 6.01. The lowest BCUT2D eigenvalue weighted by molar-refractivity contribution is -0.00484. The van der Waals surface area contributed by atoms with E-state index in [1.807, 2.05) is 6.08 Å². The fourth-order valence-electron chi connectivity index (χ4n) is 3.86. The molecule has 0 bridgehead atoms. The van der Waals surface area contributed by atoms with Gasteiger partial charge in [-0.2, -0.15) is 0 Å². The maximum Gasteiger partial charge on any atom is 0.250 e. The smallest absolute Gasteiger partial charge is 0.250 e. The van der Waals surface area contributed by atoms with E-state index in [-0.39, 0.29) is 45.3 Å². The van der Waals surface area contributed by atoms with Gasteiger partial charge >= 0.3 is 0 Å². The Morgan fingerprint density at radius 2 is 1.79 bits per heavy atom. The van der Waals surface area contributed by atoms with Crippen molar-refractivity contribution in [1.29, 1.82) is 0 Å². The third-order valence-electron chi connectivity index (χ3n) is 5.10. The molecule has 5 rings (SSSR count). The summed E-state index contributed by atoms with van der Waals surface area (Å²) in [5.41, 5.74) is 0.609. The first-order valence-electron chi connectivity index (χ1n) is 8.53. The Bertz CT molecular complexity index is 1220. The molecule has 0 amide bonds. The number of methoxy groups -OCH3 is 3. The summed E-state index contributed by atoms with van der Waals surface area (Å²) in [6.45, 7) is 0. The molecule has 8 nitrogen and oxygen atoms in total. The highest BCUT2D eigenvalue weighted by Crippen LogP contribution is 2.50. The Morgan fingerprint density at radius 3 is 2.50 bits per heavy atom. The first kappa shape index (κ1) is 16.6. The van der Waals surface area contributed by atoms with Crippen LogP contribution in [0.15, 0.2) is 33.7 Å². The highest BCUT2D eigenvalue weighted by atomic mass is 16.7. The predicted octanol–water partition coefficient (Wildman–Crippen LogP) is 3.02. The van der Waals surface area contributed by atoms with Crippen molar-refractivity contribution in [1.82, 2.24) is 0 Å². The van der Waals surface area contributed by atoms with Crippen LogP contribution in [0, 0.1) is 0 Å². The maximum atomic E-state index is 13.4. The molecule has 8 heteroatoms. The van der Waals surface area contributed by atoms with Crippen molar-refractivity contribution >= 4 is 21.9 Å². The molecule has 28 heavy (non-hydrogen) atoms. The van der Waals surface area contributed by atoms with Crippen LogP contribution in [0.3, 0.4) is 0 Å². The number of hydrogen-bond donors (Lipinski definition) is 1. The van der Waals surface area contributed by atoms with Crippen LogP contribution < -0.4 is 24.4 Å². The number of benzene rings is 2. The molecule has 2 unspecified atom stereocenters. The molecule has 1 aromatic heterocycles. The van der Waals surface area contributed by atoms with Crippen LogP contribution in [0.4, 0.5) is 0 Å². The SMILES string of the molecule is COc1cc(O)c2c(=O)c3c(OC)cc4c(c3oc2c1OC)C1C=COC1O4. The number of aromatic hydroxyl groups is 1. The molecule has 0 fully saturated rings. The van der Waals surface area contributed by atoms with Crippen molar-refractivity contribution in [3.05, 3.63) is 40.3 Å². The van der Waals surface area contributed by atoms with Gasteiger partial charge in [-0.05, 0) is 6.08 Å². The summed E-state index contributed by atoms with van der Waals surface area (Å²) in [7, 11) is 4.31. The standard InChI is InChI=1S/C20H16O8/c1-23-10-7-11-13(8-4-5-26-20(8)27-11)18-15(10)16(22)14-9(21)6-12(24-2)17(25-3)19(14)28-18/h4-8,20-21H,1-3H3. The zero-order valence-corrected chi connectivity index (χ0v) is 15.3. The number of hydrogen-bond acceptors (Lipinski definition) is 8. The summed E-state index contributed by atoms with van der Waals surface area (Å²) in [5.74, 6) is 0.741. The van der Waals surface area contributed by atoms with E-state index >= 15 is 0 Å². The molecule has 0 saturated heterocycles. The largest absolute Gasteiger partial charge is 0.507 e. The van der Waals surface area contributed by atoms with Gasteiger partial charge in [0.1, 0.15) is 33.6 Å². The average molecular weight is 384 g/mol. The Labute approximate surface area is 158 Å². The van der Waals surface area contributed by atoms with E-state index in [1.54, 1.807) is 12.3 Å². The molecule has 2 aliphatic rings. The number of ether oxygens (including phenoxy) is 5. The second-order valence-electron chi connectivity index (χ2n) is 6.44. The van der Waals surface area contributed by atoms with Crippen molar-refractivity contribution in [2.75, 3.05) is 21.3 Å². The van der Waals surface area contributed by atoms with Crippen LogP contribution in [-0.2, 0) is 4.74 Å².